The molecule has 0 heterocycles. The third kappa shape index (κ3) is 4.26. The molecule has 1 aliphatic carbocycles. The summed E-state index contributed by atoms with van der Waals surface area (Å²) in [5.41, 5.74) is 2.38. The van der Waals surface area contributed by atoms with Crippen LogP contribution in [0.5, 0.6) is 5.75 Å². The molecular formula is C17H25NO2. The van der Waals surface area contributed by atoms with Gasteiger partial charge in [0.1, 0.15) is 12.4 Å². The molecule has 0 saturated heterocycles. The number of nitrogens with one attached hydrogen (secondary N) is 1. The molecular weight excluding hydrogens is 250 g/mol. The summed E-state index contributed by atoms with van der Waals surface area (Å²) in [6.45, 7) is 5.23. The molecule has 0 aliphatic heterocycles. The Kier molecular flexibility index (Phi) is 5.45. The Morgan fingerprint density at radius 2 is 2.00 bits per heavy atom. The largest absolute Gasteiger partial charge is 0.491 e. The highest BCUT2D eigenvalue weighted by Crippen LogP contribution is 2.23. The summed E-state index contributed by atoms with van der Waals surface area (Å²) >= 11 is 0. The summed E-state index contributed by atoms with van der Waals surface area (Å²) in [4.78, 5) is 12.0. The molecule has 2 rings (SSSR count). The number of rotatable bonds is 5. The summed E-state index contributed by atoms with van der Waals surface area (Å²) in [5.74, 6) is 1.33. The molecule has 1 fully saturated rings. The van der Waals surface area contributed by atoms with Crippen LogP contribution in [0.15, 0.2) is 18.2 Å². The normalized spacial score (nSPS) is 15.9. The summed E-state index contributed by atoms with van der Waals surface area (Å²) in [5, 5.41) is 2.99. The lowest BCUT2D eigenvalue weighted by atomic mass is 9.89. The standard InChI is InChI=1S/C17H25NO2/c1-13-8-9-16(14(2)12-13)20-11-10-18-17(19)15-6-4-3-5-7-15/h8-9,12,15H,3-7,10-11H2,1-2H3,(H,18,19). The number of hydrogen-bond acceptors (Lipinski definition) is 2. The Balaban J connectivity index is 1.69. The SMILES string of the molecule is Cc1ccc(OCCNC(=O)C2CCCCC2)c(C)c1. The van der Waals surface area contributed by atoms with Crippen LogP contribution in [0.2, 0.25) is 0 Å². The van der Waals surface area contributed by atoms with Crippen LogP contribution >= 0.6 is 0 Å². The maximum absolute atomic E-state index is 12.0. The molecule has 3 nitrogen and oxygen atoms in total. The molecule has 1 saturated carbocycles. The minimum absolute atomic E-state index is 0.203. The number of carbonyl (C=O) groups excluding carboxylic acids is 1. The van der Waals surface area contributed by atoms with Gasteiger partial charge in [0.25, 0.3) is 0 Å². The van der Waals surface area contributed by atoms with Crippen molar-refractivity contribution in [3.8, 4) is 5.75 Å². The van der Waals surface area contributed by atoms with Crippen molar-refractivity contribution in [2.24, 2.45) is 5.92 Å². The van der Waals surface area contributed by atoms with E-state index in [1.807, 2.05) is 19.1 Å². The van der Waals surface area contributed by atoms with Crippen molar-refractivity contribution >= 4 is 5.91 Å². The third-order valence-corrected chi connectivity index (χ3v) is 3.97. The zero-order valence-corrected chi connectivity index (χ0v) is 12.6. The monoisotopic (exact) mass is 275 g/mol. The maximum Gasteiger partial charge on any atom is 0.223 e. The van der Waals surface area contributed by atoms with E-state index in [4.69, 9.17) is 4.74 Å². The lowest BCUT2D eigenvalue weighted by molar-refractivity contribution is -0.126. The Hall–Kier alpha value is -1.51. The van der Waals surface area contributed by atoms with E-state index in [9.17, 15) is 4.79 Å². The van der Waals surface area contributed by atoms with Gasteiger partial charge in [-0.1, -0.05) is 37.0 Å². The molecule has 1 N–H and O–H groups in total. The highest BCUT2D eigenvalue weighted by Gasteiger charge is 2.20. The second-order valence-electron chi connectivity index (χ2n) is 5.74. The highest BCUT2D eigenvalue weighted by atomic mass is 16.5. The van der Waals surface area contributed by atoms with E-state index in [1.54, 1.807) is 0 Å². The zero-order chi connectivity index (χ0) is 14.4. The summed E-state index contributed by atoms with van der Waals surface area (Å²) in [7, 11) is 0. The molecule has 1 amide bonds. The Morgan fingerprint density at radius 3 is 2.70 bits per heavy atom. The fourth-order valence-corrected chi connectivity index (χ4v) is 2.81. The number of ether oxygens (including phenoxy) is 1. The van der Waals surface area contributed by atoms with Crippen LogP contribution in [0.4, 0.5) is 0 Å². The first-order chi connectivity index (χ1) is 9.66. The van der Waals surface area contributed by atoms with Crippen molar-refractivity contribution in [3.63, 3.8) is 0 Å². The van der Waals surface area contributed by atoms with Gasteiger partial charge < -0.3 is 10.1 Å². The predicted octanol–water partition coefficient (Wildman–Crippen LogP) is 3.38. The van der Waals surface area contributed by atoms with Crippen molar-refractivity contribution in [2.45, 2.75) is 46.0 Å². The number of amides is 1. The van der Waals surface area contributed by atoms with Crippen molar-refractivity contribution in [2.75, 3.05) is 13.2 Å². The second kappa shape index (κ2) is 7.32. The molecule has 0 spiro atoms. The van der Waals surface area contributed by atoms with Crippen LogP contribution in [-0.2, 0) is 4.79 Å². The van der Waals surface area contributed by atoms with Crippen LogP contribution in [-0.4, -0.2) is 19.1 Å². The molecule has 0 atom stereocenters. The van der Waals surface area contributed by atoms with Crippen LogP contribution in [0, 0.1) is 19.8 Å². The van der Waals surface area contributed by atoms with Crippen LogP contribution in [0.25, 0.3) is 0 Å². The minimum atomic E-state index is 0.203. The van der Waals surface area contributed by atoms with Gasteiger partial charge in [-0.25, -0.2) is 0 Å². The van der Waals surface area contributed by atoms with Gasteiger partial charge in [0.2, 0.25) is 5.91 Å². The van der Waals surface area contributed by atoms with Gasteiger partial charge in [-0.3, -0.25) is 4.79 Å². The lowest BCUT2D eigenvalue weighted by Crippen LogP contribution is -2.34. The van der Waals surface area contributed by atoms with E-state index in [-0.39, 0.29) is 11.8 Å². The molecule has 110 valence electrons. The lowest BCUT2D eigenvalue weighted by Gasteiger charge is -2.20. The van der Waals surface area contributed by atoms with Gasteiger partial charge in [-0.2, -0.15) is 0 Å². The topological polar surface area (TPSA) is 38.3 Å². The first-order valence-electron chi connectivity index (χ1n) is 7.64. The summed E-state index contributed by atoms with van der Waals surface area (Å²) in [6.07, 6.45) is 5.75. The Labute approximate surface area is 121 Å². The fraction of sp³-hybridized carbons (Fsp3) is 0.588. The summed E-state index contributed by atoms with van der Waals surface area (Å²) < 4.78 is 5.71. The van der Waals surface area contributed by atoms with Gasteiger partial charge in [0.05, 0.1) is 6.54 Å². The molecule has 1 aliphatic rings. The van der Waals surface area contributed by atoms with Crippen LogP contribution in [0.3, 0.4) is 0 Å². The first-order valence-corrected chi connectivity index (χ1v) is 7.64. The number of hydrogen-bond donors (Lipinski definition) is 1. The minimum Gasteiger partial charge on any atom is -0.491 e. The molecule has 3 heteroatoms. The van der Waals surface area contributed by atoms with Crippen molar-refractivity contribution in [1.82, 2.24) is 5.32 Å². The Bertz CT molecular complexity index is 450. The van der Waals surface area contributed by atoms with Gasteiger partial charge in [0.15, 0.2) is 0 Å². The van der Waals surface area contributed by atoms with Gasteiger partial charge in [0, 0.05) is 5.92 Å². The molecule has 0 radical (unpaired) electrons. The number of benzene rings is 1. The molecule has 0 bridgehead atoms. The fourth-order valence-electron chi connectivity index (χ4n) is 2.81. The van der Waals surface area contributed by atoms with E-state index >= 15 is 0 Å². The third-order valence-electron chi connectivity index (χ3n) is 3.97. The maximum atomic E-state index is 12.0. The number of aryl methyl sites for hydroxylation is 2. The predicted molar refractivity (Wildman–Crippen MR) is 81.0 cm³/mol. The quantitative estimate of drug-likeness (QED) is 0.837. The second-order valence-corrected chi connectivity index (χ2v) is 5.74. The number of carbonyl (C=O) groups is 1. The van der Waals surface area contributed by atoms with E-state index in [1.165, 1.54) is 24.8 Å². The van der Waals surface area contributed by atoms with Gasteiger partial charge in [-0.15, -0.1) is 0 Å². The smallest absolute Gasteiger partial charge is 0.223 e. The zero-order valence-electron chi connectivity index (χ0n) is 12.6. The van der Waals surface area contributed by atoms with E-state index in [0.717, 1.165) is 24.2 Å². The summed E-state index contributed by atoms with van der Waals surface area (Å²) in [6, 6.07) is 6.15. The van der Waals surface area contributed by atoms with Crippen LogP contribution < -0.4 is 10.1 Å². The molecule has 0 aromatic heterocycles. The highest BCUT2D eigenvalue weighted by molar-refractivity contribution is 5.78. The molecule has 20 heavy (non-hydrogen) atoms. The molecule has 0 unspecified atom stereocenters. The molecule has 1 aromatic carbocycles. The van der Waals surface area contributed by atoms with E-state index in [2.05, 4.69) is 18.3 Å². The van der Waals surface area contributed by atoms with E-state index in [0.29, 0.717) is 13.2 Å². The van der Waals surface area contributed by atoms with Crippen molar-refractivity contribution in [3.05, 3.63) is 29.3 Å². The van der Waals surface area contributed by atoms with Crippen LogP contribution in [0.1, 0.15) is 43.2 Å². The first kappa shape index (κ1) is 14.9. The van der Waals surface area contributed by atoms with Gasteiger partial charge >= 0.3 is 0 Å². The average Bonchev–Trinajstić information content (AvgIpc) is 2.46. The van der Waals surface area contributed by atoms with Crippen molar-refractivity contribution < 1.29 is 9.53 Å². The average molecular weight is 275 g/mol. The van der Waals surface area contributed by atoms with E-state index < -0.39 is 0 Å². The van der Waals surface area contributed by atoms with Gasteiger partial charge in [-0.05, 0) is 38.3 Å². The van der Waals surface area contributed by atoms with Crippen molar-refractivity contribution in [1.29, 1.82) is 0 Å². The molecule has 1 aromatic rings. The Morgan fingerprint density at radius 1 is 1.25 bits per heavy atom.